The minimum absolute atomic E-state index is 0.162. The van der Waals surface area contributed by atoms with E-state index in [9.17, 15) is 4.79 Å². The second kappa shape index (κ2) is 6.57. The molecule has 106 valence electrons. The lowest BCUT2D eigenvalue weighted by Crippen LogP contribution is -2.37. The highest BCUT2D eigenvalue weighted by Gasteiger charge is 2.28. The maximum absolute atomic E-state index is 11.6. The molecule has 0 bridgehead atoms. The van der Waals surface area contributed by atoms with Crippen molar-refractivity contribution in [2.75, 3.05) is 20.8 Å². The molecule has 0 spiro atoms. The van der Waals surface area contributed by atoms with Crippen molar-refractivity contribution in [2.24, 2.45) is 5.41 Å². The summed E-state index contributed by atoms with van der Waals surface area (Å²) in [5.41, 5.74) is 0.622. The minimum Gasteiger partial charge on any atom is -0.497 e. The van der Waals surface area contributed by atoms with Gasteiger partial charge in [-0.3, -0.25) is 4.79 Å². The monoisotopic (exact) mass is 265 g/mol. The molecule has 1 rings (SSSR count). The molecule has 0 heterocycles. The van der Waals surface area contributed by atoms with E-state index < -0.39 is 5.41 Å². The average Bonchev–Trinajstić information content (AvgIpc) is 2.43. The first kappa shape index (κ1) is 15.5. The zero-order valence-corrected chi connectivity index (χ0v) is 12.3. The third kappa shape index (κ3) is 4.24. The fraction of sp³-hybridized carbons (Fsp3) is 0.533. The van der Waals surface area contributed by atoms with E-state index in [1.807, 2.05) is 38.1 Å². The molecule has 0 amide bonds. The van der Waals surface area contributed by atoms with Crippen molar-refractivity contribution in [1.82, 2.24) is 5.32 Å². The first-order chi connectivity index (χ1) is 8.90. The third-order valence-corrected chi connectivity index (χ3v) is 3.20. The molecular formula is C15H23NO3. The van der Waals surface area contributed by atoms with Gasteiger partial charge in [0.15, 0.2) is 0 Å². The number of rotatable bonds is 6. The van der Waals surface area contributed by atoms with E-state index in [1.165, 1.54) is 7.11 Å². The lowest BCUT2D eigenvalue weighted by atomic mass is 9.93. The number of carbonyl (C=O) groups is 1. The Morgan fingerprint density at radius 2 is 1.84 bits per heavy atom. The van der Waals surface area contributed by atoms with E-state index in [0.717, 1.165) is 11.3 Å². The van der Waals surface area contributed by atoms with Crippen LogP contribution < -0.4 is 10.1 Å². The van der Waals surface area contributed by atoms with Gasteiger partial charge in [0.1, 0.15) is 5.75 Å². The van der Waals surface area contributed by atoms with Gasteiger partial charge in [-0.05, 0) is 38.5 Å². The van der Waals surface area contributed by atoms with Crippen LogP contribution in [-0.4, -0.2) is 26.7 Å². The number of esters is 1. The average molecular weight is 265 g/mol. The highest BCUT2D eigenvalue weighted by Crippen LogP contribution is 2.20. The maximum atomic E-state index is 11.6. The van der Waals surface area contributed by atoms with Crippen LogP contribution in [0.4, 0.5) is 0 Å². The largest absolute Gasteiger partial charge is 0.497 e. The SMILES string of the molecule is COC(=O)C(C)(C)CN[C@@H](C)c1ccc(OC)cc1. The van der Waals surface area contributed by atoms with Crippen molar-refractivity contribution in [2.45, 2.75) is 26.8 Å². The molecule has 0 aliphatic heterocycles. The normalized spacial score (nSPS) is 12.9. The number of benzene rings is 1. The summed E-state index contributed by atoms with van der Waals surface area (Å²) in [5, 5.41) is 3.35. The molecule has 4 heteroatoms. The van der Waals surface area contributed by atoms with Crippen LogP contribution in [-0.2, 0) is 9.53 Å². The topological polar surface area (TPSA) is 47.6 Å². The van der Waals surface area contributed by atoms with Crippen LogP contribution in [0.1, 0.15) is 32.4 Å². The fourth-order valence-corrected chi connectivity index (χ4v) is 1.77. The molecule has 4 nitrogen and oxygen atoms in total. The number of carbonyl (C=O) groups excluding carboxylic acids is 1. The summed E-state index contributed by atoms with van der Waals surface area (Å²) in [6, 6.07) is 8.05. The summed E-state index contributed by atoms with van der Waals surface area (Å²) < 4.78 is 9.92. The molecule has 1 aromatic rings. The van der Waals surface area contributed by atoms with Gasteiger partial charge < -0.3 is 14.8 Å². The van der Waals surface area contributed by atoms with Crippen molar-refractivity contribution in [3.8, 4) is 5.75 Å². The van der Waals surface area contributed by atoms with Crippen LogP contribution in [0, 0.1) is 5.41 Å². The molecule has 0 unspecified atom stereocenters. The highest BCUT2D eigenvalue weighted by molar-refractivity contribution is 5.76. The molecule has 1 aromatic carbocycles. The summed E-state index contributed by atoms with van der Waals surface area (Å²) in [6.07, 6.45) is 0. The number of ether oxygens (including phenoxy) is 2. The molecular weight excluding hydrogens is 242 g/mol. The van der Waals surface area contributed by atoms with Crippen molar-refractivity contribution >= 4 is 5.97 Å². The van der Waals surface area contributed by atoms with Crippen LogP contribution in [0.25, 0.3) is 0 Å². The highest BCUT2D eigenvalue weighted by atomic mass is 16.5. The van der Waals surface area contributed by atoms with Crippen LogP contribution >= 0.6 is 0 Å². The van der Waals surface area contributed by atoms with Crippen molar-refractivity contribution in [3.63, 3.8) is 0 Å². The molecule has 0 radical (unpaired) electrons. The number of methoxy groups -OCH3 is 2. The first-order valence-corrected chi connectivity index (χ1v) is 6.36. The first-order valence-electron chi connectivity index (χ1n) is 6.36. The maximum Gasteiger partial charge on any atom is 0.312 e. The standard InChI is InChI=1S/C15H23NO3/c1-11(12-6-8-13(18-4)9-7-12)16-10-15(2,3)14(17)19-5/h6-9,11,16H,10H2,1-5H3/t11-/m0/s1. The van der Waals surface area contributed by atoms with Gasteiger partial charge in [0.2, 0.25) is 0 Å². The lowest BCUT2D eigenvalue weighted by Gasteiger charge is -2.24. The van der Waals surface area contributed by atoms with Gasteiger partial charge in [-0.2, -0.15) is 0 Å². The number of hydrogen-bond donors (Lipinski definition) is 1. The Balaban J connectivity index is 2.59. The second-order valence-corrected chi connectivity index (χ2v) is 5.25. The Bertz CT molecular complexity index is 412. The Morgan fingerprint density at radius 3 is 2.32 bits per heavy atom. The Hall–Kier alpha value is -1.55. The van der Waals surface area contributed by atoms with E-state index in [2.05, 4.69) is 12.2 Å². The van der Waals surface area contributed by atoms with Crippen LogP contribution in [0.5, 0.6) is 5.75 Å². The molecule has 0 aliphatic rings. The molecule has 0 aliphatic carbocycles. The predicted molar refractivity (Wildman–Crippen MR) is 75.2 cm³/mol. The summed E-state index contributed by atoms with van der Waals surface area (Å²) in [5.74, 6) is 0.632. The zero-order valence-electron chi connectivity index (χ0n) is 12.3. The fourth-order valence-electron chi connectivity index (χ4n) is 1.77. The van der Waals surface area contributed by atoms with Crippen molar-refractivity contribution in [3.05, 3.63) is 29.8 Å². The van der Waals surface area contributed by atoms with Crippen LogP contribution in [0.15, 0.2) is 24.3 Å². The molecule has 0 aromatic heterocycles. The number of nitrogens with one attached hydrogen (secondary N) is 1. The second-order valence-electron chi connectivity index (χ2n) is 5.25. The summed E-state index contributed by atoms with van der Waals surface area (Å²) in [6.45, 7) is 6.36. The third-order valence-electron chi connectivity index (χ3n) is 3.20. The van der Waals surface area contributed by atoms with Gasteiger partial charge in [-0.15, -0.1) is 0 Å². The van der Waals surface area contributed by atoms with Crippen LogP contribution in [0.2, 0.25) is 0 Å². The Morgan fingerprint density at radius 1 is 1.26 bits per heavy atom. The summed E-state index contributed by atoms with van der Waals surface area (Å²) >= 11 is 0. The molecule has 19 heavy (non-hydrogen) atoms. The van der Waals surface area contributed by atoms with Crippen molar-refractivity contribution < 1.29 is 14.3 Å². The predicted octanol–water partition coefficient (Wildman–Crippen LogP) is 2.55. The summed E-state index contributed by atoms with van der Waals surface area (Å²) in [7, 11) is 3.06. The Labute approximate surface area is 115 Å². The lowest BCUT2D eigenvalue weighted by molar-refractivity contribution is -0.150. The van der Waals surface area contributed by atoms with E-state index in [-0.39, 0.29) is 12.0 Å². The number of hydrogen-bond acceptors (Lipinski definition) is 4. The van der Waals surface area contributed by atoms with E-state index >= 15 is 0 Å². The van der Waals surface area contributed by atoms with E-state index in [1.54, 1.807) is 7.11 Å². The molecule has 0 saturated heterocycles. The van der Waals surface area contributed by atoms with Crippen LogP contribution in [0.3, 0.4) is 0 Å². The molecule has 0 fully saturated rings. The van der Waals surface area contributed by atoms with E-state index in [0.29, 0.717) is 6.54 Å². The quantitative estimate of drug-likeness (QED) is 0.803. The van der Waals surface area contributed by atoms with Crippen molar-refractivity contribution in [1.29, 1.82) is 0 Å². The molecule has 1 N–H and O–H groups in total. The molecule has 1 atom stereocenters. The van der Waals surface area contributed by atoms with Gasteiger partial charge in [-0.25, -0.2) is 0 Å². The zero-order chi connectivity index (χ0) is 14.5. The van der Waals surface area contributed by atoms with E-state index in [4.69, 9.17) is 9.47 Å². The Kier molecular flexibility index (Phi) is 5.36. The van der Waals surface area contributed by atoms with Gasteiger partial charge >= 0.3 is 5.97 Å². The smallest absolute Gasteiger partial charge is 0.312 e. The van der Waals surface area contributed by atoms with Gasteiger partial charge in [0.05, 0.1) is 19.6 Å². The summed E-state index contributed by atoms with van der Waals surface area (Å²) in [4.78, 5) is 11.6. The van der Waals surface area contributed by atoms with Gasteiger partial charge in [-0.1, -0.05) is 12.1 Å². The van der Waals surface area contributed by atoms with Gasteiger partial charge in [0.25, 0.3) is 0 Å². The minimum atomic E-state index is -0.532. The molecule has 0 saturated carbocycles. The van der Waals surface area contributed by atoms with Gasteiger partial charge in [0, 0.05) is 12.6 Å².